The summed E-state index contributed by atoms with van der Waals surface area (Å²) in [5.74, 6) is -1.23. The molecule has 2 N–H and O–H groups in total. The minimum Gasteiger partial charge on any atom is -0.477 e. The fraction of sp³-hybridized carbons (Fsp3) is 0.0952. The molecule has 0 radical (unpaired) electrons. The molecule has 3 rings (SSSR count). The van der Waals surface area contributed by atoms with E-state index in [0.717, 1.165) is 4.47 Å². The number of hydrogen-bond donors (Lipinski definition) is 2. The highest BCUT2D eigenvalue weighted by Gasteiger charge is 2.32. The van der Waals surface area contributed by atoms with E-state index in [1.165, 1.54) is 9.47 Å². The van der Waals surface area contributed by atoms with E-state index in [1.54, 1.807) is 68.6 Å². The van der Waals surface area contributed by atoms with Gasteiger partial charge in [0.15, 0.2) is 5.69 Å². The number of carboxylic acid groups (broad SMARTS) is 1. The van der Waals surface area contributed by atoms with Gasteiger partial charge in [-0.3, -0.25) is 4.90 Å². The zero-order valence-corrected chi connectivity index (χ0v) is 17.3. The van der Waals surface area contributed by atoms with E-state index in [0.29, 0.717) is 17.1 Å². The largest absolute Gasteiger partial charge is 0.477 e. The average molecular weight is 453 g/mol. The lowest BCUT2D eigenvalue weighted by Gasteiger charge is -2.24. The Balaban J connectivity index is 2.19. The van der Waals surface area contributed by atoms with E-state index in [1.807, 2.05) is 6.07 Å². The van der Waals surface area contributed by atoms with Gasteiger partial charge in [-0.2, -0.15) is 5.26 Å². The number of aromatic carboxylic acids is 1. The molecule has 1 aromatic heterocycles. The fourth-order valence-electron chi connectivity index (χ4n) is 3.02. The number of amides is 2. The van der Waals surface area contributed by atoms with Crippen LogP contribution in [0.1, 0.15) is 21.7 Å². The molecule has 7 nitrogen and oxygen atoms in total. The molecule has 0 saturated heterocycles. The molecule has 146 valence electrons. The summed E-state index contributed by atoms with van der Waals surface area (Å²) in [5.41, 5.74) is 1.43. The number of carbonyl (C=O) groups is 2. The van der Waals surface area contributed by atoms with Crippen molar-refractivity contribution in [1.82, 2.24) is 4.57 Å². The van der Waals surface area contributed by atoms with Gasteiger partial charge in [-0.1, -0.05) is 34.1 Å². The summed E-state index contributed by atoms with van der Waals surface area (Å²) in [5, 5.41) is 22.2. The minimum absolute atomic E-state index is 0.0285. The van der Waals surface area contributed by atoms with Gasteiger partial charge in [0.05, 0.1) is 11.3 Å². The topological polar surface area (TPSA) is 98.4 Å². The quantitative estimate of drug-likeness (QED) is 0.579. The SMILES string of the molecule is Cc1c(C#N)c(N(C(=O)Nc2ccc(Br)cc2)c2ccccc2)c(C(=O)O)n1C. The summed E-state index contributed by atoms with van der Waals surface area (Å²) in [6.07, 6.45) is 0. The highest BCUT2D eigenvalue weighted by atomic mass is 79.9. The Kier molecular flexibility index (Phi) is 5.71. The smallest absolute Gasteiger partial charge is 0.354 e. The molecule has 0 aliphatic heterocycles. The van der Waals surface area contributed by atoms with Crippen molar-refractivity contribution >= 4 is 45.0 Å². The highest BCUT2D eigenvalue weighted by molar-refractivity contribution is 9.10. The summed E-state index contributed by atoms with van der Waals surface area (Å²) in [4.78, 5) is 26.5. The first-order chi connectivity index (χ1) is 13.8. The Morgan fingerprint density at radius 1 is 1.14 bits per heavy atom. The van der Waals surface area contributed by atoms with Crippen LogP contribution >= 0.6 is 15.9 Å². The van der Waals surface area contributed by atoms with E-state index >= 15 is 0 Å². The maximum atomic E-state index is 13.3. The molecule has 0 unspecified atom stereocenters. The zero-order chi connectivity index (χ0) is 21.1. The fourth-order valence-corrected chi connectivity index (χ4v) is 3.28. The molecule has 3 aromatic rings. The standard InChI is InChI=1S/C21H17BrN4O3/c1-13-17(12-23)18(19(20(27)28)25(13)2)26(16-6-4-3-5-7-16)21(29)24-15-10-8-14(22)9-11-15/h3-11H,1-2H3,(H,24,29)(H,27,28). The minimum atomic E-state index is -1.23. The van der Waals surface area contributed by atoms with E-state index in [9.17, 15) is 20.0 Å². The van der Waals surface area contributed by atoms with Crippen molar-refractivity contribution in [3.8, 4) is 6.07 Å². The van der Waals surface area contributed by atoms with Crippen LogP contribution in [0.5, 0.6) is 0 Å². The number of nitrogens with zero attached hydrogens (tertiary/aromatic N) is 3. The van der Waals surface area contributed by atoms with Crippen LogP contribution in [0.25, 0.3) is 0 Å². The molecule has 0 spiro atoms. The maximum absolute atomic E-state index is 13.3. The summed E-state index contributed by atoms with van der Waals surface area (Å²) in [7, 11) is 1.55. The number of nitrogens with one attached hydrogen (secondary N) is 1. The number of carboxylic acids is 1. The first-order valence-corrected chi connectivity index (χ1v) is 9.38. The maximum Gasteiger partial charge on any atom is 0.354 e. The van der Waals surface area contributed by atoms with Crippen LogP contribution < -0.4 is 10.2 Å². The molecule has 0 atom stereocenters. The van der Waals surface area contributed by atoms with Gasteiger partial charge in [0.2, 0.25) is 0 Å². The van der Waals surface area contributed by atoms with Crippen molar-refractivity contribution in [3.05, 3.63) is 76.0 Å². The van der Waals surface area contributed by atoms with Gasteiger partial charge in [-0.15, -0.1) is 0 Å². The zero-order valence-electron chi connectivity index (χ0n) is 15.7. The number of rotatable bonds is 4. The van der Waals surface area contributed by atoms with Crippen molar-refractivity contribution in [2.24, 2.45) is 7.05 Å². The molecular weight excluding hydrogens is 436 g/mol. The molecule has 29 heavy (non-hydrogen) atoms. The second kappa shape index (κ2) is 8.20. The van der Waals surface area contributed by atoms with Gasteiger partial charge in [-0.25, -0.2) is 9.59 Å². The third-order valence-corrected chi connectivity index (χ3v) is 5.04. The molecule has 1 heterocycles. The van der Waals surface area contributed by atoms with Gasteiger partial charge in [-0.05, 0) is 43.3 Å². The number of nitriles is 1. The van der Waals surface area contributed by atoms with Gasteiger partial charge >= 0.3 is 12.0 Å². The second-order valence-electron chi connectivity index (χ2n) is 6.24. The number of anilines is 3. The number of halogens is 1. The number of benzene rings is 2. The van der Waals surface area contributed by atoms with Gasteiger partial charge in [0.25, 0.3) is 0 Å². The van der Waals surface area contributed by atoms with Gasteiger partial charge < -0.3 is 15.0 Å². The summed E-state index contributed by atoms with van der Waals surface area (Å²) >= 11 is 3.34. The van der Waals surface area contributed by atoms with Crippen LogP contribution in [0.15, 0.2) is 59.1 Å². The van der Waals surface area contributed by atoms with Crippen molar-refractivity contribution < 1.29 is 14.7 Å². The third-order valence-electron chi connectivity index (χ3n) is 4.51. The van der Waals surface area contributed by atoms with Crippen molar-refractivity contribution in [3.63, 3.8) is 0 Å². The predicted molar refractivity (Wildman–Crippen MR) is 114 cm³/mol. The Morgan fingerprint density at radius 2 is 1.76 bits per heavy atom. The van der Waals surface area contributed by atoms with E-state index in [4.69, 9.17) is 0 Å². The molecule has 0 fully saturated rings. The van der Waals surface area contributed by atoms with Crippen molar-refractivity contribution in [1.29, 1.82) is 5.26 Å². The van der Waals surface area contributed by atoms with Gasteiger partial charge in [0, 0.05) is 22.9 Å². The van der Waals surface area contributed by atoms with Crippen LogP contribution in [-0.2, 0) is 7.05 Å². The summed E-state index contributed by atoms with van der Waals surface area (Å²) in [6.45, 7) is 1.64. The molecule has 8 heteroatoms. The van der Waals surface area contributed by atoms with Gasteiger partial charge in [0.1, 0.15) is 11.8 Å². The molecule has 0 aliphatic rings. The molecule has 0 saturated carbocycles. The summed E-state index contributed by atoms with van der Waals surface area (Å²) < 4.78 is 2.26. The molecule has 2 amide bonds. The molecule has 2 aromatic carbocycles. The normalized spacial score (nSPS) is 10.3. The lowest BCUT2D eigenvalue weighted by molar-refractivity contribution is 0.0687. The molecule has 0 bridgehead atoms. The van der Waals surface area contributed by atoms with Crippen molar-refractivity contribution in [2.45, 2.75) is 6.92 Å². The first-order valence-electron chi connectivity index (χ1n) is 8.59. The summed E-state index contributed by atoms with van der Waals surface area (Å²) in [6, 6.07) is 17.0. The lowest BCUT2D eigenvalue weighted by atomic mass is 10.1. The lowest BCUT2D eigenvalue weighted by Crippen LogP contribution is -2.32. The first kappa shape index (κ1) is 20.2. The Morgan fingerprint density at radius 3 is 2.31 bits per heavy atom. The Bertz CT molecular complexity index is 1120. The van der Waals surface area contributed by atoms with Crippen LogP contribution in [0.3, 0.4) is 0 Å². The second-order valence-corrected chi connectivity index (χ2v) is 7.16. The van der Waals surface area contributed by atoms with Crippen LogP contribution in [0, 0.1) is 18.3 Å². The molecular formula is C21H17BrN4O3. The Hall–Kier alpha value is -3.57. The monoisotopic (exact) mass is 452 g/mol. The average Bonchev–Trinajstić information content (AvgIpc) is 2.95. The number of hydrogen-bond acceptors (Lipinski definition) is 3. The van der Waals surface area contributed by atoms with Crippen LogP contribution in [0.2, 0.25) is 0 Å². The third kappa shape index (κ3) is 3.86. The predicted octanol–water partition coefficient (Wildman–Crippen LogP) is 5.04. The number of para-hydroxylation sites is 1. The number of aromatic nitrogens is 1. The van der Waals surface area contributed by atoms with Crippen molar-refractivity contribution in [2.75, 3.05) is 10.2 Å². The van der Waals surface area contributed by atoms with E-state index in [-0.39, 0.29) is 16.9 Å². The Labute approximate surface area is 175 Å². The van der Waals surface area contributed by atoms with Crippen LogP contribution in [0.4, 0.5) is 21.9 Å². The number of urea groups is 1. The highest BCUT2D eigenvalue weighted by Crippen LogP contribution is 2.36. The number of carbonyl (C=O) groups excluding carboxylic acids is 1. The van der Waals surface area contributed by atoms with E-state index < -0.39 is 12.0 Å². The van der Waals surface area contributed by atoms with E-state index in [2.05, 4.69) is 21.2 Å². The van der Waals surface area contributed by atoms with Crippen LogP contribution in [-0.4, -0.2) is 21.7 Å². The molecule has 0 aliphatic carbocycles.